The second-order valence-corrected chi connectivity index (χ2v) is 4.77. The van der Waals surface area contributed by atoms with Gasteiger partial charge >= 0.3 is 0 Å². The highest BCUT2D eigenvalue weighted by Gasteiger charge is 2.12. The topological polar surface area (TPSA) is 48.0 Å². The maximum atomic E-state index is 12.3. The highest BCUT2D eigenvalue weighted by molar-refractivity contribution is 5.97. The Kier molecular flexibility index (Phi) is 8.66. The molecule has 0 aliphatic carbocycles. The van der Waals surface area contributed by atoms with Crippen LogP contribution in [0, 0.1) is 0 Å². The standard InChI is InChI=1S/C16H25NO4/c1-19-11-4-9-17(10-12-20-2)13-16(18)14-5-7-15(21-3)8-6-14/h5-8H,4,9-13H2,1-3H3. The van der Waals surface area contributed by atoms with Crippen LogP contribution in [0.5, 0.6) is 5.75 Å². The molecule has 0 saturated heterocycles. The largest absolute Gasteiger partial charge is 0.497 e. The summed E-state index contributed by atoms with van der Waals surface area (Å²) >= 11 is 0. The Hall–Kier alpha value is -1.43. The molecule has 118 valence electrons. The summed E-state index contributed by atoms with van der Waals surface area (Å²) in [5.41, 5.74) is 0.699. The predicted molar refractivity (Wildman–Crippen MR) is 82.1 cm³/mol. The third-order valence-electron chi connectivity index (χ3n) is 3.21. The fourth-order valence-corrected chi connectivity index (χ4v) is 1.99. The molecule has 0 bridgehead atoms. The van der Waals surface area contributed by atoms with Gasteiger partial charge in [0.25, 0.3) is 0 Å². The number of carbonyl (C=O) groups excluding carboxylic acids is 1. The zero-order valence-electron chi connectivity index (χ0n) is 13.1. The van der Waals surface area contributed by atoms with Crippen molar-refractivity contribution in [3.05, 3.63) is 29.8 Å². The highest BCUT2D eigenvalue weighted by atomic mass is 16.5. The van der Waals surface area contributed by atoms with E-state index in [1.165, 1.54) is 0 Å². The molecule has 0 fully saturated rings. The van der Waals surface area contributed by atoms with Crippen molar-refractivity contribution in [2.24, 2.45) is 0 Å². The molecule has 1 aromatic carbocycles. The van der Waals surface area contributed by atoms with Gasteiger partial charge in [-0.15, -0.1) is 0 Å². The average Bonchev–Trinajstić information content (AvgIpc) is 2.52. The minimum Gasteiger partial charge on any atom is -0.497 e. The molecule has 21 heavy (non-hydrogen) atoms. The van der Waals surface area contributed by atoms with Crippen molar-refractivity contribution in [1.82, 2.24) is 4.90 Å². The van der Waals surface area contributed by atoms with Crippen LogP contribution in [0.4, 0.5) is 0 Å². The number of rotatable bonds is 11. The van der Waals surface area contributed by atoms with Crippen LogP contribution in [-0.4, -0.2) is 64.9 Å². The van der Waals surface area contributed by atoms with Gasteiger partial charge in [0.05, 0.1) is 20.3 Å². The lowest BCUT2D eigenvalue weighted by Crippen LogP contribution is -2.34. The summed E-state index contributed by atoms with van der Waals surface area (Å²) in [5.74, 6) is 0.856. The van der Waals surface area contributed by atoms with Crippen LogP contribution in [0.15, 0.2) is 24.3 Å². The molecule has 0 amide bonds. The van der Waals surface area contributed by atoms with E-state index in [4.69, 9.17) is 14.2 Å². The van der Waals surface area contributed by atoms with Crippen LogP contribution in [0.3, 0.4) is 0 Å². The maximum absolute atomic E-state index is 12.3. The molecule has 0 heterocycles. The maximum Gasteiger partial charge on any atom is 0.176 e. The van der Waals surface area contributed by atoms with E-state index in [2.05, 4.69) is 4.90 Å². The van der Waals surface area contributed by atoms with E-state index in [0.717, 1.165) is 25.3 Å². The van der Waals surface area contributed by atoms with Crippen molar-refractivity contribution < 1.29 is 19.0 Å². The summed E-state index contributed by atoms with van der Waals surface area (Å²) in [4.78, 5) is 14.4. The van der Waals surface area contributed by atoms with Crippen LogP contribution in [-0.2, 0) is 9.47 Å². The molecule has 0 unspecified atom stereocenters. The van der Waals surface area contributed by atoms with Crippen LogP contribution in [0.2, 0.25) is 0 Å². The van der Waals surface area contributed by atoms with E-state index < -0.39 is 0 Å². The van der Waals surface area contributed by atoms with E-state index in [0.29, 0.717) is 25.3 Å². The third kappa shape index (κ3) is 6.71. The molecule has 1 aromatic rings. The van der Waals surface area contributed by atoms with Gasteiger partial charge in [-0.25, -0.2) is 0 Å². The summed E-state index contributed by atoms with van der Waals surface area (Å²) in [6.07, 6.45) is 0.899. The van der Waals surface area contributed by atoms with Gasteiger partial charge in [0.1, 0.15) is 5.75 Å². The number of hydrogen-bond donors (Lipinski definition) is 0. The van der Waals surface area contributed by atoms with Gasteiger partial charge in [-0.1, -0.05) is 0 Å². The number of benzene rings is 1. The molecule has 5 nitrogen and oxygen atoms in total. The number of methoxy groups -OCH3 is 3. The van der Waals surface area contributed by atoms with E-state index in [9.17, 15) is 4.79 Å². The molecule has 0 aliphatic rings. The lowest BCUT2D eigenvalue weighted by Gasteiger charge is -2.21. The molecule has 0 aromatic heterocycles. The Balaban J connectivity index is 2.55. The van der Waals surface area contributed by atoms with Crippen molar-refractivity contribution in [3.8, 4) is 5.75 Å². The Morgan fingerprint density at radius 2 is 1.67 bits per heavy atom. The Bertz CT molecular complexity index is 405. The first-order valence-electron chi connectivity index (χ1n) is 7.08. The van der Waals surface area contributed by atoms with Gasteiger partial charge in [0.2, 0.25) is 0 Å². The summed E-state index contributed by atoms with van der Waals surface area (Å²) in [6.45, 7) is 3.25. The summed E-state index contributed by atoms with van der Waals surface area (Å²) in [7, 11) is 4.96. The smallest absolute Gasteiger partial charge is 0.176 e. The normalized spacial score (nSPS) is 10.9. The van der Waals surface area contributed by atoms with Crippen LogP contribution >= 0.6 is 0 Å². The predicted octanol–water partition coefficient (Wildman–Crippen LogP) is 1.86. The van der Waals surface area contributed by atoms with Gasteiger partial charge in [-0.05, 0) is 30.7 Å². The van der Waals surface area contributed by atoms with E-state index in [1.54, 1.807) is 45.6 Å². The van der Waals surface area contributed by atoms with Crippen molar-refractivity contribution >= 4 is 5.78 Å². The van der Waals surface area contributed by atoms with Crippen molar-refractivity contribution in [2.45, 2.75) is 6.42 Å². The molecule has 0 saturated carbocycles. The molecule has 0 N–H and O–H groups in total. The fourth-order valence-electron chi connectivity index (χ4n) is 1.99. The Labute approximate surface area is 126 Å². The quantitative estimate of drug-likeness (QED) is 0.461. The molecule has 0 atom stereocenters. The molecule has 5 heteroatoms. The fraction of sp³-hybridized carbons (Fsp3) is 0.562. The van der Waals surface area contributed by atoms with Gasteiger partial charge in [-0.2, -0.15) is 0 Å². The van der Waals surface area contributed by atoms with E-state index in [-0.39, 0.29) is 5.78 Å². The van der Waals surface area contributed by atoms with E-state index in [1.807, 2.05) is 0 Å². The van der Waals surface area contributed by atoms with Crippen molar-refractivity contribution in [1.29, 1.82) is 0 Å². The number of Topliss-reactive ketones (excluding diaryl/α,β-unsaturated/α-hetero) is 1. The Morgan fingerprint density at radius 3 is 2.24 bits per heavy atom. The van der Waals surface area contributed by atoms with Gasteiger partial charge in [0, 0.05) is 39.5 Å². The number of carbonyl (C=O) groups is 1. The molecule has 0 aliphatic heterocycles. The zero-order valence-corrected chi connectivity index (χ0v) is 13.1. The highest BCUT2D eigenvalue weighted by Crippen LogP contribution is 2.12. The van der Waals surface area contributed by atoms with Crippen LogP contribution in [0.25, 0.3) is 0 Å². The second kappa shape index (κ2) is 10.3. The molecule has 0 radical (unpaired) electrons. The first-order valence-corrected chi connectivity index (χ1v) is 7.08. The second-order valence-electron chi connectivity index (χ2n) is 4.77. The van der Waals surface area contributed by atoms with Gasteiger partial charge in [-0.3, -0.25) is 9.69 Å². The molecular weight excluding hydrogens is 270 g/mol. The monoisotopic (exact) mass is 295 g/mol. The van der Waals surface area contributed by atoms with Crippen molar-refractivity contribution in [2.75, 3.05) is 54.2 Å². The number of ether oxygens (including phenoxy) is 3. The van der Waals surface area contributed by atoms with Gasteiger partial charge < -0.3 is 14.2 Å². The summed E-state index contributed by atoms with van der Waals surface area (Å²) in [5, 5.41) is 0. The minimum absolute atomic E-state index is 0.103. The SMILES string of the molecule is COCCCN(CCOC)CC(=O)c1ccc(OC)cc1. The lowest BCUT2D eigenvalue weighted by atomic mass is 10.1. The molecular formula is C16H25NO4. The number of hydrogen-bond acceptors (Lipinski definition) is 5. The minimum atomic E-state index is 0.103. The lowest BCUT2D eigenvalue weighted by molar-refractivity contribution is 0.0877. The third-order valence-corrected chi connectivity index (χ3v) is 3.21. The first-order chi connectivity index (χ1) is 10.2. The number of nitrogens with zero attached hydrogens (tertiary/aromatic N) is 1. The number of ketones is 1. The summed E-state index contributed by atoms with van der Waals surface area (Å²) in [6, 6.07) is 7.20. The van der Waals surface area contributed by atoms with Crippen LogP contribution < -0.4 is 4.74 Å². The Morgan fingerprint density at radius 1 is 1.00 bits per heavy atom. The molecule has 1 rings (SSSR count). The zero-order chi connectivity index (χ0) is 15.5. The van der Waals surface area contributed by atoms with E-state index >= 15 is 0 Å². The summed E-state index contributed by atoms with van der Waals surface area (Å²) < 4.78 is 15.2. The average molecular weight is 295 g/mol. The molecule has 0 spiro atoms. The first kappa shape index (κ1) is 17.6. The van der Waals surface area contributed by atoms with Crippen molar-refractivity contribution in [3.63, 3.8) is 0 Å². The van der Waals surface area contributed by atoms with Gasteiger partial charge in [0.15, 0.2) is 5.78 Å². The van der Waals surface area contributed by atoms with Crippen LogP contribution in [0.1, 0.15) is 16.8 Å².